The molecule has 0 spiro atoms. The van der Waals surface area contributed by atoms with Gasteiger partial charge in [-0.15, -0.1) is 0 Å². The maximum atomic E-state index is 12.1. The second-order valence-corrected chi connectivity index (χ2v) is 7.06. The molecule has 23 heavy (non-hydrogen) atoms. The van der Waals surface area contributed by atoms with Gasteiger partial charge in [0.05, 0.1) is 10.1 Å². The Morgan fingerprint density at radius 2 is 1.65 bits per heavy atom. The van der Waals surface area contributed by atoms with Gasteiger partial charge in [-0.2, -0.15) is 0 Å². The molecular weight excluding hydrogens is 322 g/mol. The third-order valence-electron chi connectivity index (χ3n) is 3.13. The van der Waals surface area contributed by atoms with Gasteiger partial charge in [0.15, 0.2) is 9.84 Å². The first-order chi connectivity index (χ1) is 10.8. The summed E-state index contributed by atoms with van der Waals surface area (Å²) >= 11 is 0. The minimum absolute atomic E-state index is 0.256. The van der Waals surface area contributed by atoms with Crippen LogP contribution in [0, 0.1) is 0 Å². The zero-order chi connectivity index (χ0) is 17.3. The number of hydrogen-bond donors (Lipinski definition) is 3. The van der Waals surface area contributed by atoms with Crippen molar-refractivity contribution in [3.05, 3.63) is 42.5 Å². The van der Waals surface area contributed by atoms with Crippen molar-refractivity contribution in [1.82, 2.24) is 5.32 Å². The van der Waals surface area contributed by atoms with Crippen LogP contribution >= 0.6 is 0 Å². The van der Waals surface area contributed by atoms with Crippen LogP contribution in [0.5, 0.6) is 0 Å². The van der Waals surface area contributed by atoms with Crippen molar-refractivity contribution in [2.24, 2.45) is 0 Å². The van der Waals surface area contributed by atoms with Gasteiger partial charge in [0.1, 0.15) is 0 Å². The number of carboxylic acids is 2. The highest BCUT2D eigenvalue weighted by atomic mass is 32.2. The molecule has 1 aliphatic rings. The molecule has 1 aliphatic heterocycles. The Balaban J connectivity index is 0.000000284. The fourth-order valence-electron chi connectivity index (χ4n) is 2.03. The molecule has 1 atom stereocenters. The summed E-state index contributed by atoms with van der Waals surface area (Å²) in [5, 5.41) is 18.5. The standard InChI is InChI=1S/C11H15NO2S.C4H4O4/c13-15(14,10-5-2-1-3-6-10)11-7-4-8-12-9-11;5-3(6)1-2-4(7)8/h1-3,5-6,11-12H,4,7-9H2;1-2H,(H,5,6)(H,7,8). The number of piperidine rings is 1. The fraction of sp³-hybridized carbons (Fsp3) is 0.333. The van der Waals surface area contributed by atoms with Gasteiger partial charge in [-0.05, 0) is 31.5 Å². The molecule has 126 valence electrons. The molecule has 3 N–H and O–H groups in total. The Labute approximate surface area is 134 Å². The molecule has 1 aromatic carbocycles. The van der Waals surface area contributed by atoms with Crippen molar-refractivity contribution in [2.75, 3.05) is 13.1 Å². The number of benzene rings is 1. The molecule has 1 heterocycles. The van der Waals surface area contributed by atoms with Gasteiger partial charge < -0.3 is 15.5 Å². The lowest BCUT2D eigenvalue weighted by Crippen LogP contribution is -2.38. The van der Waals surface area contributed by atoms with Crippen LogP contribution < -0.4 is 5.32 Å². The van der Waals surface area contributed by atoms with E-state index in [0.717, 1.165) is 19.4 Å². The average molecular weight is 341 g/mol. The van der Waals surface area contributed by atoms with Gasteiger partial charge in [-0.3, -0.25) is 0 Å². The van der Waals surface area contributed by atoms with E-state index in [1.807, 2.05) is 6.07 Å². The molecule has 0 aromatic heterocycles. The first kappa shape index (κ1) is 18.9. The van der Waals surface area contributed by atoms with E-state index in [0.29, 0.717) is 23.6 Å². The monoisotopic (exact) mass is 341 g/mol. The second kappa shape index (κ2) is 9.06. The lowest BCUT2D eigenvalue weighted by Gasteiger charge is -2.22. The fourth-order valence-corrected chi connectivity index (χ4v) is 3.77. The zero-order valence-corrected chi connectivity index (χ0v) is 13.2. The van der Waals surface area contributed by atoms with Crippen LogP contribution in [0.3, 0.4) is 0 Å². The number of carboxylic acid groups (broad SMARTS) is 2. The first-order valence-electron chi connectivity index (χ1n) is 6.97. The Morgan fingerprint density at radius 3 is 2.09 bits per heavy atom. The van der Waals surface area contributed by atoms with Crippen molar-refractivity contribution >= 4 is 21.8 Å². The van der Waals surface area contributed by atoms with E-state index >= 15 is 0 Å². The number of rotatable bonds is 4. The van der Waals surface area contributed by atoms with E-state index in [4.69, 9.17) is 10.2 Å². The van der Waals surface area contributed by atoms with E-state index in [1.54, 1.807) is 24.3 Å². The molecule has 0 aliphatic carbocycles. The maximum Gasteiger partial charge on any atom is 0.328 e. The second-order valence-electron chi connectivity index (χ2n) is 4.84. The van der Waals surface area contributed by atoms with Crippen LogP contribution in [0.4, 0.5) is 0 Å². The highest BCUT2D eigenvalue weighted by Gasteiger charge is 2.28. The number of sulfone groups is 1. The number of hydrogen-bond acceptors (Lipinski definition) is 5. The Morgan fingerprint density at radius 1 is 1.09 bits per heavy atom. The minimum Gasteiger partial charge on any atom is -0.478 e. The smallest absolute Gasteiger partial charge is 0.328 e. The van der Waals surface area contributed by atoms with Crippen molar-refractivity contribution in [2.45, 2.75) is 23.0 Å². The normalized spacial score (nSPS) is 18.0. The van der Waals surface area contributed by atoms with Gasteiger partial charge in [-0.25, -0.2) is 18.0 Å². The molecule has 1 aromatic rings. The molecule has 1 saturated heterocycles. The quantitative estimate of drug-likeness (QED) is 0.696. The van der Waals surface area contributed by atoms with Crippen LogP contribution in [0.25, 0.3) is 0 Å². The largest absolute Gasteiger partial charge is 0.478 e. The van der Waals surface area contributed by atoms with Crippen LogP contribution in [0.2, 0.25) is 0 Å². The minimum atomic E-state index is -3.12. The molecule has 0 amide bonds. The summed E-state index contributed by atoms with van der Waals surface area (Å²) in [6, 6.07) is 8.71. The summed E-state index contributed by atoms with van der Waals surface area (Å²) < 4.78 is 24.3. The predicted molar refractivity (Wildman–Crippen MR) is 83.9 cm³/mol. The molecule has 1 fully saturated rings. The van der Waals surface area contributed by atoms with Crippen LogP contribution in [-0.4, -0.2) is 48.9 Å². The van der Waals surface area contributed by atoms with Gasteiger partial charge in [0.25, 0.3) is 0 Å². The molecule has 2 rings (SSSR count). The van der Waals surface area contributed by atoms with Crippen molar-refractivity contribution < 1.29 is 28.2 Å². The number of aliphatic carboxylic acids is 2. The molecular formula is C15H19NO6S. The first-order valence-corrected chi connectivity index (χ1v) is 8.52. The SMILES string of the molecule is O=C(O)C=CC(=O)O.O=S(=O)(c1ccccc1)C1CCCNC1. The Kier molecular flexibility index (Phi) is 7.43. The van der Waals surface area contributed by atoms with E-state index < -0.39 is 21.8 Å². The lowest BCUT2D eigenvalue weighted by molar-refractivity contribution is -0.134. The summed E-state index contributed by atoms with van der Waals surface area (Å²) in [5.41, 5.74) is 0. The van der Waals surface area contributed by atoms with Crippen molar-refractivity contribution in [3.8, 4) is 0 Å². The topological polar surface area (TPSA) is 121 Å². The highest BCUT2D eigenvalue weighted by Crippen LogP contribution is 2.20. The summed E-state index contributed by atoms with van der Waals surface area (Å²) in [6.45, 7) is 1.51. The predicted octanol–water partition coefficient (Wildman–Crippen LogP) is 0.924. The highest BCUT2D eigenvalue weighted by molar-refractivity contribution is 7.92. The summed E-state index contributed by atoms with van der Waals surface area (Å²) in [7, 11) is -3.12. The van der Waals surface area contributed by atoms with Crippen molar-refractivity contribution in [1.29, 1.82) is 0 Å². The summed E-state index contributed by atoms with van der Waals surface area (Å²) in [6.07, 6.45) is 2.83. The Hall–Kier alpha value is -2.19. The summed E-state index contributed by atoms with van der Waals surface area (Å²) in [4.78, 5) is 19.6. The third kappa shape index (κ3) is 6.62. The molecule has 0 bridgehead atoms. The molecule has 7 nitrogen and oxygen atoms in total. The van der Waals surface area contributed by atoms with Crippen molar-refractivity contribution in [3.63, 3.8) is 0 Å². The van der Waals surface area contributed by atoms with E-state index in [2.05, 4.69) is 5.32 Å². The average Bonchev–Trinajstić information content (AvgIpc) is 2.55. The summed E-state index contributed by atoms with van der Waals surface area (Å²) in [5.74, 6) is -2.51. The van der Waals surface area contributed by atoms with E-state index in [9.17, 15) is 18.0 Å². The maximum absolute atomic E-state index is 12.1. The molecule has 0 radical (unpaired) electrons. The van der Waals surface area contributed by atoms with E-state index in [-0.39, 0.29) is 5.25 Å². The van der Waals surface area contributed by atoms with Gasteiger partial charge in [0.2, 0.25) is 0 Å². The molecule has 1 unspecified atom stereocenters. The number of nitrogens with one attached hydrogen (secondary N) is 1. The zero-order valence-electron chi connectivity index (χ0n) is 12.4. The van der Waals surface area contributed by atoms with Gasteiger partial charge >= 0.3 is 11.9 Å². The number of carbonyl (C=O) groups is 2. The molecule has 0 saturated carbocycles. The molecule has 8 heteroatoms. The van der Waals surface area contributed by atoms with Crippen LogP contribution in [0.1, 0.15) is 12.8 Å². The van der Waals surface area contributed by atoms with E-state index in [1.165, 1.54) is 0 Å². The van der Waals surface area contributed by atoms with Gasteiger partial charge in [0, 0.05) is 18.7 Å². The third-order valence-corrected chi connectivity index (χ3v) is 5.34. The van der Waals surface area contributed by atoms with Crippen LogP contribution in [-0.2, 0) is 19.4 Å². The lowest BCUT2D eigenvalue weighted by atomic mass is 10.2. The van der Waals surface area contributed by atoms with Gasteiger partial charge in [-0.1, -0.05) is 18.2 Å². The Bertz CT molecular complexity index is 632. The van der Waals surface area contributed by atoms with Crippen LogP contribution in [0.15, 0.2) is 47.4 Å².